The van der Waals surface area contributed by atoms with Crippen LogP contribution in [0, 0.1) is 5.21 Å². The highest BCUT2D eigenvalue weighted by Crippen LogP contribution is 1.99. The van der Waals surface area contributed by atoms with Crippen LogP contribution in [-0.4, -0.2) is 23.1 Å². The number of hydroxylamine groups is 2. The smallest absolute Gasteiger partial charge is 0.209 e. The molecule has 60 valence electrons. The average molecular weight is 145 g/mol. The van der Waals surface area contributed by atoms with E-state index in [-0.39, 0.29) is 6.04 Å². The summed E-state index contributed by atoms with van der Waals surface area (Å²) in [6, 6.07) is -0.709. The minimum absolute atomic E-state index is 0.276. The lowest BCUT2D eigenvalue weighted by Crippen LogP contribution is -2.43. The van der Waals surface area contributed by atoms with Gasteiger partial charge in [0.1, 0.15) is 0 Å². The maximum absolute atomic E-state index is 10.8. The fourth-order valence-electron chi connectivity index (χ4n) is 0.500. The molecule has 0 radical (unpaired) electrons. The molecule has 10 heavy (non-hydrogen) atoms. The van der Waals surface area contributed by atoms with Crippen molar-refractivity contribution in [2.75, 3.05) is 0 Å². The van der Waals surface area contributed by atoms with E-state index in [1.54, 1.807) is 13.8 Å². The zero-order chi connectivity index (χ0) is 8.31. The minimum Gasteiger partial charge on any atom is -0.756 e. The van der Waals surface area contributed by atoms with E-state index < -0.39 is 11.9 Å². The van der Waals surface area contributed by atoms with Crippen molar-refractivity contribution in [2.45, 2.75) is 32.9 Å². The molecule has 0 spiro atoms. The molecule has 0 heterocycles. The monoisotopic (exact) mass is 145 g/mol. The topological polar surface area (TPSA) is 69.4 Å². The molecule has 0 aromatic heterocycles. The number of nitrogens with zero attached hydrogens (tertiary/aromatic N) is 1. The van der Waals surface area contributed by atoms with Crippen LogP contribution < -0.4 is 5.73 Å². The standard InChI is InChI=1S/C6H13N2O2/c1-4(7)5(2)8(10)6(3)9/h4-5H,7H2,1-3H3/q-1. The Hall–Kier alpha value is -0.610. The van der Waals surface area contributed by atoms with Gasteiger partial charge in [0.05, 0.1) is 0 Å². The van der Waals surface area contributed by atoms with E-state index in [0.29, 0.717) is 5.06 Å². The Morgan fingerprint density at radius 3 is 2.10 bits per heavy atom. The van der Waals surface area contributed by atoms with Gasteiger partial charge in [0.15, 0.2) is 0 Å². The van der Waals surface area contributed by atoms with Crippen molar-refractivity contribution in [1.82, 2.24) is 5.06 Å². The summed E-state index contributed by atoms with van der Waals surface area (Å²) in [4.78, 5) is 10.4. The van der Waals surface area contributed by atoms with Crippen LogP contribution >= 0.6 is 0 Å². The zero-order valence-electron chi connectivity index (χ0n) is 6.50. The van der Waals surface area contributed by atoms with Crippen molar-refractivity contribution in [2.24, 2.45) is 5.73 Å². The average Bonchev–Trinajstić information content (AvgIpc) is 1.84. The van der Waals surface area contributed by atoms with Crippen LogP contribution in [0.5, 0.6) is 0 Å². The summed E-state index contributed by atoms with van der Waals surface area (Å²) in [5, 5.41) is 11.2. The lowest BCUT2D eigenvalue weighted by atomic mass is 10.2. The molecular weight excluding hydrogens is 132 g/mol. The normalized spacial score (nSPS) is 16.1. The van der Waals surface area contributed by atoms with Crippen molar-refractivity contribution >= 4 is 5.91 Å². The molecule has 0 saturated carbocycles. The lowest BCUT2D eigenvalue weighted by Gasteiger charge is -2.35. The van der Waals surface area contributed by atoms with Gasteiger partial charge in [0.25, 0.3) is 0 Å². The molecule has 2 unspecified atom stereocenters. The quantitative estimate of drug-likeness (QED) is 0.559. The number of amides is 1. The molecule has 0 aromatic carbocycles. The summed E-state index contributed by atoms with van der Waals surface area (Å²) in [5.74, 6) is -0.496. The molecule has 4 nitrogen and oxygen atoms in total. The Kier molecular flexibility index (Phi) is 3.32. The first-order valence-electron chi connectivity index (χ1n) is 3.19. The Morgan fingerprint density at radius 2 is 2.00 bits per heavy atom. The summed E-state index contributed by atoms with van der Waals surface area (Å²) in [6.45, 7) is 4.55. The number of carbonyl (C=O) groups excluding carboxylic acids is 1. The molecule has 0 aliphatic carbocycles. The van der Waals surface area contributed by atoms with E-state index >= 15 is 0 Å². The first-order chi connectivity index (χ1) is 4.46. The number of hydrogen-bond acceptors (Lipinski definition) is 3. The third-order valence-electron chi connectivity index (χ3n) is 1.44. The summed E-state index contributed by atoms with van der Waals surface area (Å²) in [7, 11) is 0. The van der Waals surface area contributed by atoms with Gasteiger partial charge >= 0.3 is 0 Å². The third-order valence-corrected chi connectivity index (χ3v) is 1.44. The molecule has 0 bridgehead atoms. The van der Waals surface area contributed by atoms with E-state index in [4.69, 9.17) is 5.73 Å². The van der Waals surface area contributed by atoms with Gasteiger partial charge < -0.3 is 16.0 Å². The van der Waals surface area contributed by atoms with Gasteiger partial charge in [0, 0.05) is 19.0 Å². The molecule has 4 heteroatoms. The number of hydrogen-bond donors (Lipinski definition) is 1. The van der Waals surface area contributed by atoms with Gasteiger partial charge in [-0.15, -0.1) is 0 Å². The Balaban J connectivity index is 3.94. The van der Waals surface area contributed by atoms with Gasteiger partial charge in [0.2, 0.25) is 5.91 Å². The number of rotatable bonds is 2. The van der Waals surface area contributed by atoms with Crippen LogP contribution in [0.4, 0.5) is 0 Å². The molecule has 0 saturated heterocycles. The minimum atomic E-state index is -0.496. The maximum Gasteiger partial charge on any atom is 0.209 e. The number of carbonyl (C=O) groups is 1. The Morgan fingerprint density at radius 1 is 1.60 bits per heavy atom. The zero-order valence-corrected chi connectivity index (χ0v) is 6.50. The lowest BCUT2D eigenvalue weighted by molar-refractivity contribution is -0.128. The summed E-state index contributed by atoms with van der Waals surface area (Å²) < 4.78 is 0. The predicted molar refractivity (Wildman–Crippen MR) is 39.0 cm³/mol. The second-order valence-corrected chi connectivity index (χ2v) is 2.44. The van der Waals surface area contributed by atoms with Gasteiger partial charge in [-0.05, 0) is 13.8 Å². The van der Waals surface area contributed by atoms with E-state index in [1.807, 2.05) is 0 Å². The first kappa shape index (κ1) is 9.39. The van der Waals surface area contributed by atoms with Crippen molar-refractivity contribution in [1.29, 1.82) is 0 Å². The first-order valence-corrected chi connectivity index (χ1v) is 3.19. The van der Waals surface area contributed by atoms with Crippen LogP contribution in [0.2, 0.25) is 0 Å². The van der Waals surface area contributed by atoms with Crippen molar-refractivity contribution in [3.63, 3.8) is 0 Å². The van der Waals surface area contributed by atoms with Gasteiger partial charge in [-0.2, -0.15) is 0 Å². The molecule has 0 fully saturated rings. The molecule has 1 amide bonds. The SMILES string of the molecule is CC(=O)N([O-])C(C)C(C)N. The van der Waals surface area contributed by atoms with E-state index in [0.717, 1.165) is 0 Å². The van der Waals surface area contributed by atoms with E-state index in [9.17, 15) is 10.0 Å². The van der Waals surface area contributed by atoms with E-state index in [2.05, 4.69) is 0 Å². The number of nitrogens with two attached hydrogens (primary N) is 1. The second-order valence-electron chi connectivity index (χ2n) is 2.44. The van der Waals surface area contributed by atoms with Crippen LogP contribution in [0.25, 0.3) is 0 Å². The van der Waals surface area contributed by atoms with Crippen molar-refractivity contribution < 1.29 is 4.79 Å². The van der Waals surface area contributed by atoms with Crippen molar-refractivity contribution in [3.8, 4) is 0 Å². The molecular formula is C6H13N2O2-. The van der Waals surface area contributed by atoms with Gasteiger partial charge in [-0.3, -0.25) is 4.79 Å². The maximum atomic E-state index is 10.8. The van der Waals surface area contributed by atoms with Crippen molar-refractivity contribution in [3.05, 3.63) is 5.21 Å². The second kappa shape index (κ2) is 3.53. The van der Waals surface area contributed by atoms with Gasteiger partial charge in [-0.25, -0.2) is 0 Å². The fraction of sp³-hybridized carbons (Fsp3) is 0.833. The molecule has 0 rings (SSSR count). The summed E-state index contributed by atoms with van der Waals surface area (Å²) >= 11 is 0. The van der Waals surface area contributed by atoms with Crippen LogP contribution in [0.3, 0.4) is 0 Å². The molecule has 0 aliphatic rings. The summed E-state index contributed by atoms with van der Waals surface area (Å²) in [6.07, 6.45) is 0. The molecule has 2 N–H and O–H groups in total. The third kappa shape index (κ3) is 2.33. The predicted octanol–water partition coefficient (Wildman–Crippen LogP) is 0.0684. The van der Waals surface area contributed by atoms with Crippen LogP contribution in [-0.2, 0) is 4.79 Å². The Labute approximate surface area is 60.6 Å². The highest BCUT2D eigenvalue weighted by atomic mass is 16.5. The van der Waals surface area contributed by atoms with Gasteiger partial charge in [-0.1, -0.05) is 0 Å². The highest BCUT2D eigenvalue weighted by molar-refractivity contribution is 5.73. The fourth-order valence-corrected chi connectivity index (χ4v) is 0.500. The Bertz CT molecular complexity index is 125. The van der Waals surface area contributed by atoms with E-state index in [1.165, 1.54) is 6.92 Å². The molecule has 2 atom stereocenters. The van der Waals surface area contributed by atoms with Crippen LogP contribution in [0.15, 0.2) is 0 Å². The molecule has 0 aromatic rings. The largest absolute Gasteiger partial charge is 0.756 e. The molecule has 0 aliphatic heterocycles. The summed E-state index contributed by atoms with van der Waals surface area (Å²) in [5.41, 5.74) is 5.38. The van der Waals surface area contributed by atoms with Crippen LogP contribution in [0.1, 0.15) is 20.8 Å². The highest BCUT2D eigenvalue weighted by Gasteiger charge is 2.10.